The van der Waals surface area contributed by atoms with Crippen LogP contribution in [-0.2, 0) is 0 Å². The van der Waals surface area contributed by atoms with Gasteiger partial charge in [-0.25, -0.2) is 4.79 Å². The third-order valence-electron chi connectivity index (χ3n) is 4.10. The average Bonchev–Trinajstić information content (AvgIpc) is 2.96. The van der Waals surface area contributed by atoms with Crippen LogP contribution in [-0.4, -0.2) is 26.9 Å². The fraction of sp³-hybridized carbons (Fsp3) is 0.158. The number of aryl methyl sites for hydroxylation is 2. The first kappa shape index (κ1) is 16.6. The number of hydrogen-bond donors (Lipinski definition) is 3. The van der Waals surface area contributed by atoms with Gasteiger partial charge in [0.05, 0.1) is 5.56 Å². The van der Waals surface area contributed by atoms with Crippen molar-refractivity contribution in [1.82, 2.24) is 4.98 Å². The monoisotopic (exact) mass is 339 g/mol. The van der Waals surface area contributed by atoms with Crippen molar-refractivity contribution in [1.29, 1.82) is 0 Å². The highest BCUT2D eigenvalue weighted by molar-refractivity contribution is 5.98. The predicted molar refractivity (Wildman–Crippen MR) is 92.9 cm³/mol. The smallest absolute Gasteiger partial charge is 0.352 e. The number of carbonyl (C=O) groups is 2. The molecule has 0 aliphatic heterocycles. The van der Waals surface area contributed by atoms with Crippen LogP contribution in [0.5, 0.6) is 17.2 Å². The quantitative estimate of drug-likeness (QED) is 0.619. The van der Waals surface area contributed by atoms with Gasteiger partial charge in [-0.15, -0.1) is 0 Å². The van der Waals surface area contributed by atoms with Gasteiger partial charge in [-0.05, 0) is 56.7 Å². The van der Waals surface area contributed by atoms with Crippen molar-refractivity contribution in [3.05, 3.63) is 52.7 Å². The van der Waals surface area contributed by atoms with Crippen LogP contribution in [0.2, 0.25) is 0 Å². The van der Waals surface area contributed by atoms with Crippen LogP contribution < -0.4 is 4.74 Å². The summed E-state index contributed by atoms with van der Waals surface area (Å²) in [6.45, 7) is 5.07. The molecule has 0 saturated heterocycles. The first-order valence-corrected chi connectivity index (χ1v) is 7.66. The molecule has 0 amide bonds. The summed E-state index contributed by atoms with van der Waals surface area (Å²) in [6.07, 6.45) is 0. The number of aromatic amines is 1. The van der Waals surface area contributed by atoms with E-state index in [1.54, 1.807) is 12.1 Å². The molecule has 0 fully saturated rings. The summed E-state index contributed by atoms with van der Waals surface area (Å²) >= 11 is 0. The number of fused-ring (bicyclic) bond motifs is 1. The van der Waals surface area contributed by atoms with Crippen LogP contribution in [0, 0.1) is 13.8 Å². The third kappa shape index (κ3) is 2.94. The molecule has 0 aliphatic rings. The van der Waals surface area contributed by atoms with Crippen LogP contribution >= 0.6 is 0 Å². The standard InChI is InChI=1S/C19H17NO5/c1-9-6-15-13(8-16(20-15)19(23)24)10(2)18(9)25-17-5-4-12(22)7-14(17)11(3)21/h4-8,20,22H,1-3H3,(H,23,24). The molecule has 1 heterocycles. The lowest BCUT2D eigenvalue weighted by molar-refractivity contribution is 0.0691. The Kier molecular flexibility index (Phi) is 3.96. The Bertz CT molecular complexity index is 1020. The second kappa shape index (κ2) is 5.98. The van der Waals surface area contributed by atoms with Crippen molar-refractivity contribution in [2.45, 2.75) is 20.8 Å². The number of hydrogen-bond acceptors (Lipinski definition) is 4. The second-order valence-corrected chi connectivity index (χ2v) is 5.94. The van der Waals surface area contributed by atoms with E-state index < -0.39 is 5.97 Å². The lowest BCUT2D eigenvalue weighted by Crippen LogP contribution is -1.99. The maximum absolute atomic E-state index is 11.8. The number of ketones is 1. The van der Waals surface area contributed by atoms with Crippen LogP contribution in [0.25, 0.3) is 10.9 Å². The molecule has 1 aromatic heterocycles. The second-order valence-electron chi connectivity index (χ2n) is 5.94. The van der Waals surface area contributed by atoms with Crippen LogP contribution in [0.4, 0.5) is 0 Å². The summed E-state index contributed by atoms with van der Waals surface area (Å²) < 4.78 is 5.97. The fourth-order valence-electron chi connectivity index (χ4n) is 2.86. The number of phenolic OH excluding ortho intramolecular Hbond substituents is 1. The number of Topliss-reactive ketones (excluding diaryl/α,β-unsaturated/α-hetero) is 1. The molecule has 3 aromatic rings. The third-order valence-corrected chi connectivity index (χ3v) is 4.10. The molecule has 6 heteroatoms. The summed E-state index contributed by atoms with van der Waals surface area (Å²) in [6, 6.07) is 7.71. The van der Waals surface area contributed by atoms with Crippen molar-refractivity contribution < 1.29 is 24.5 Å². The van der Waals surface area contributed by atoms with Gasteiger partial charge < -0.3 is 19.9 Å². The molecule has 25 heavy (non-hydrogen) atoms. The minimum Gasteiger partial charge on any atom is -0.508 e. The molecular formula is C19H17NO5. The summed E-state index contributed by atoms with van der Waals surface area (Å²) in [5.74, 6) is -0.384. The van der Waals surface area contributed by atoms with Gasteiger partial charge in [0.1, 0.15) is 22.9 Å². The van der Waals surface area contributed by atoms with E-state index in [1.165, 1.54) is 25.1 Å². The molecule has 3 rings (SSSR count). The number of H-pyrrole nitrogens is 1. The summed E-state index contributed by atoms with van der Waals surface area (Å²) in [7, 11) is 0. The number of ether oxygens (including phenoxy) is 1. The van der Waals surface area contributed by atoms with E-state index in [1.807, 2.05) is 13.8 Å². The predicted octanol–water partition coefficient (Wildman–Crippen LogP) is 4.18. The maximum atomic E-state index is 11.8. The Morgan fingerprint density at radius 1 is 1.12 bits per heavy atom. The van der Waals surface area contributed by atoms with E-state index in [9.17, 15) is 14.7 Å². The molecule has 0 bridgehead atoms. The number of aromatic carboxylic acids is 1. The largest absolute Gasteiger partial charge is 0.508 e. The summed E-state index contributed by atoms with van der Waals surface area (Å²) in [4.78, 5) is 25.8. The summed E-state index contributed by atoms with van der Waals surface area (Å²) in [5.41, 5.74) is 2.65. The highest BCUT2D eigenvalue weighted by atomic mass is 16.5. The number of carboxylic acid groups (broad SMARTS) is 1. The lowest BCUT2D eigenvalue weighted by Gasteiger charge is -2.15. The van der Waals surface area contributed by atoms with Crippen molar-refractivity contribution in [3.8, 4) is 17.2 Å². The van der Waals surface area contributed by atoms with E-state index in [0.717, 1.165) is 16.5 Å². The average molecular weight is 339 g/mol. The minimum absolute atomic E-state index is 0.0156. The van der Waals surface area contributed by atoms with E-state index in [2.05, 4.69) is 4.98 Å². The Balaban J connectivity index is 2.14. The van der Waals surface area contributed by atoms with E-state index in [0.29, 0.717) is 17.0 Å². The maximum Gasteiger partial charge on any atom is 0.352 e. The van der Waals surface area contributed by atoms with Crippen LogP contribution in [0.3, 0.4) is 0 Å². The van der Waals surface area contributed by atoms with Gasteiger partial charge in [0, 0.05) is 16.5 Å². The zero-order valence-electron chi connectivity index (χ0n) is 14.0. The van der Waals surface area contributed by atoms with Gasteiger partial charge in [0.25, 0.3) is 0 Å². The van der Waals surface area contributed by atoms with Crippen molar-refractivity contribution in [2.75, 3.05) is 0 Å². The number of aromatic hydroxyl groups is 1. The number of rotatable bonds is 4. The van der Waals surface area contributed by atoms with Crippen LogP contribution in [0.15, 0.2) is 30.3 Å². The number of carboxylic acids is 1. The first-order valence-electron chi connectivity index (χ1n) is 7.66. The lowest BCUT2D eigenvalue weighted by atomic mass is 10.1. The van der Waals surface area contributed by atoms with E-state index in [-0.39, 0.29) is 22.8 Å². The highest BCUT2D eigenvalue weighted by Gasteiger charge is 2.17. The normalized spacial score (nSPS) is 10.8. The van der Waals surface area contributed by atoms with Gasteiger partial charge in [-0.3, -0.25) is 4.79 Å². The number of phenols is 1. The van der Waals surface area contributed by atoms with Crippen molar-refractivity contribution in [3.63, 3.8) is 0 Å². The van der Waals surface area contributed by atoms with Crippen LogP contribution in [0.1, 0.15) is 38.9 Å². The first-order chi connectivity index (χ1) is 11.8. The molecule has 0 unspecified atom stereocenters. The number of nitrogens with one attached hydrogen (secondary N) is 1. The van der Waals surface area contributed by atoms with Crippen molar-refractivity contribution in [2.24, 2.45) is 0 Å². The Morgan fingerprint density at radius 2 is 1.84 bits per heavy atom. The molecule has 0 radical (unpaired) electrons. The van der Waals surface area contributed by atoms with Gasteiger partial charge in [-0.2, -0.15) is 0 Å². The van der Waals surface area contributed by atoms with Gasteiger partial charge in [0.2, 0.25) is 0 Å². The fourth-order valence-corrected chi connectivity index (χ4v) is 2.86. The molecular weight excluding hydrogens is 322 g/mol. The minimum atomic E-state index is -1.03. The molecule has 6 nitrogen and oxygen atoms in total. The highest BCUT2D eigenvalue weighted by Crippen LogP contribution is 2.36. The van der Waals surface area contributed by atoms with Gasteiger partial charge in [-0.1, -0.05) is 0 Å². The zero-order valence-corrected chi connectivity index (χ0v) is 14.0. The Hall–Kier alpha value is -3.28. The number of aromatic nitrogens is 1. The van der Waals surface area contributed by atoms with Gasteiger partial charge >= 0.3 is 5.97 Å². The molecule has 2 aromatic carbocycles. The van der Waals surface area contributed by atoms with E-state index >= 15 is 0 Å². The van der Waals surface area contributed by atoms with Crippen molar-refractivity contribution >= 4 is 22.7 Å². The molecule has 0 aliphatic carbocycles. The number of carbonyl (C=O) groups excluding carboxylic acids is 1. The number of benzene rings is 2. The molecule has 128 valence electrons. The van der Waals surface area contributed by atoms with E-state index in [4.69, 9.17) is 9.84 Å². The molecule has 0 spiro atoms. The summed E-state index contributed by atoms with van der Waals surface area (Å²) in [5, 5.41) is 19.5. The zero-order chi connectivity index (χ0) is 18.3. The Morgan fingerprint density at radius 3 is 2.48 bits per heavy atom. The molecule has 0 saturated carbocycles. The molecule has 0 atom stereocenters. The molecule has 3 N–H and O–H groups in total. The SMILES string of the molecule is CC(=O)c1cc(O)ccc1Oc1c(C)cc2[nH]c(C(=O)O)cc2c1C. The Labute approximate surface area is 143 Å². The van der Waals surface area contributed by atoms with Gasteiger partial charge in [0.15, 0.2) is 5.78 Å². The topological polar surface area (TPSA) is 99.6 Å².